The van der Waals surface area contributed by atoms with E-state index in [2.05, 4.69) is 240 Å². The highest BCUT2D eigenvalue weighted by Crippen LogP contribution is 2.67. The van der Waals surface area contributed by atoms with Crippen molar-refractivity contribution in [1.82, 2.24) is 0 Å². The summed E-state index contributed by atoms with van der Waals surface area (Å²) in [5.74, 6) is 0. The van der Waals surface area contributed by atoms with Gasteiger partial charge in [-0.25, -0.2) is 0 Å². The average Bonchev–Trinajstić information content (AvgIpc) is 3.97. The summed E-state index contributed by atoms with van der Waals surface area (Å²) in [7, 11) is 0. The van der Waals surface area contributed by atoms with Gasteiger partial charge < -0.3 is 9.80 Å². The fraction of sp³-hybridized carbons (Fsp3) is 0.0169. The lowest BCUT2D eigenvalue weighted by molar-refractivity contribution is 0.793. The molecule has 0 bridgehead atoms. The SMILES string of the molecule is c1ccc(N(c2ccc3c(c2)-c2ccccc2C32c3ccccc3-c3c2c(N(c2ccccc2)c2ccccc2)cc2ccccc32)c2ccc3sc4ccccc4c3c2)cc1. The Balaban J connectivity index is 1.11. The van der Waals surface area contributed by atoms with E-state index in [1.165, 1.54) is 81.1 Å². The number of hydrogen-bond donors (Lipinski definition) is 0. The summed E-state index contributed by atoms with van der Waals surface area (Å²) in [6.07, 6.45) is 0. The topological polar surface area (TPSA) is 6.48 Å². The van der Waals surface area contributed by atoms with Crippen molar-refractivity contribution in [2.75, 3.05) is 9.80 Å². The van der Waals surface area contributed by atoms with E-state index in [9.17, 15) is 0 Å². The number of fused-ring (bicyclic) bond motifs is 15. The highest BCUT2D eigenvalue weighted by molar-refractivity contribution is 7.25. The first kappa shape index (κ1) is 35.1. The summed E-state index contributed by atoms with van der Waals surface area (Å²) >= 11 is 1.86. The summed E-state index contributed by atoms with van der Waals surface area (Å²) in [6, 6.07) is 85.4. The summed E-state index contributed by atoms with van der Waals surface area (Å²) in [4.78, 5) is 4.91. The molecule has 13 rings (SSSR count). The Morgan fingerprint density at radius 3 is 1.56 bits per heavy atom. The molecule has 0 radical (unpaired) electrons. The van der Waals surface area contributed by atoms with E-state index in [1.54, 1.807) is 0 Å². The molecule has 62 heavy (non-hydrogen) atoms. The van der Waals surface area contributed by atoms with Crippen LogP contribution in [0.15, 0.2) is 231 Å². The van der Waals surface area contributed by atoms with Gasteiger partial charge in [0, 0.05) is 54.2 Å². The molecule has 290 valence electrons. The Morgan fingerprint density at radius 2 is 0.839 bits per heavy atom. The van der Waals surface area contributed by atoms with Crippen molar-refractivity contribution < 1.29 is 0 Å². The van der Waals surface area contributed by atoms with Crippen molar-refractivity contribution in [3.8, 4) is 22.3 Å². The smallest absolute Gasteiger partial charge is 0.0746 e. The van der Waals surface area contributed by atoms with Crippen LogP contribution in [-0.2, 0) is 5.41 Å². The fourth-order valence-electron chi connectivity index (χ4n) is 10.8. The third-order valence-electron chi connectivity index (χ3n) is 13.2. The van der Waals surface area contributed by atoms with Crippen molar-refractivity contribution in [3.05, 3.63) is 253 Å². The Kier molecular flexibility index (Phi) is 7.72. The molecule has 1 heterocycles. The summed E-state index contributed by atoms with van der Waals surface area (Å²) < 4.78 is 2.61. The van der Waals surface area contributed by atoms with Gasteiger partial charge in [-0.15, -0.1) is 11.3 Å². The zero-order valence-electron chi connectivity index (χ0n) is 33.7. The number of para-hydroxylation sites is 3. The standard InChI is InChI=1S/C59H38N2S/c1-4-19-40(20-5-1)60(44-33-35-56-50(38-44)47-27-14-17-31-55(47)62-56)43-32-34-53-49(37-43)46-26-12-15-29-51(46)59(53)52-30-16-13-28-48(52)57-45-25-11-10-18-39(45)36-54(58(57)59)61(41-21-6-2-7-22-41)42-23-8-3-9-24-42/h1-38H. The molecular formula is C59H38N2S. The molecule has 2 aliphatic carbocycles. The molecule has 1 spiro atoms. The Morgan fingerprint density at radius 1 is 0.323 bits per heavy atom. The molecule has 0 fully saturated rings. The predicted molar refractivity (Wildman–Crippen MR) is 263 cm³/mol. The molecule has 0 saturated heterocycles. The zero-order chi connectivity index (χ0) is 40.8. The first-order valence-electron chi connectivity index (χ1n) is 21.3. The summed E-state index contributed by atoms with van der Waals surface area (Å²) in [5.41, 5.74) is 16.6. The van der Waals surface area contributed by atoms with Crippen molar-refractivity contribution in [1.29, 1.82) is 0 Å². The minimum atomic E-state index is -0.594. The lowest BCUT2D eigenvalue weighted by Crippen LogP contribution is -2.28. The molecule has 1 aromatic heterocycles. The zero-order valence-corrected chi connectivity index (χ0v) is 34.6. The summed E-state index contributed by atoms with van der Waals surface area (Å²) in [6.45, 7) is 0. The van der Waals surface area contributed by atoms with E-state index < -0.39 is 5.41 Å². The van der Waals surface area contributed by atoms with E-state index in [-0.39, 0.29) is 0 Å². The maximum absolute atomic E-state index is 2.48. The normalized spacial score (nSPS) is 14.5. The van der Waals surface area contributed by atoms with Gasteiger partial charge in [0.15, 0.2) is 0 Å². The number of thiophene rings is 1. The number of rotatable bonds is 6. The first-order valence-corrected chi connectivity index (χ1v) is 22.2. The molecule has 10 aromatic carbocycles. The van der Waals surface area contributed by atoms with Crippen LogP contribution in [-0.4, -0.2) is 0 Å². The third kappa shape index (κ3) is 4.97. The van der Waals surface area contributed by atoms with Crippen molar-refractivity contribution in [3.63, 3.8) is 0 Å². The van der Waals surface area contributed by atoms with E-state index in [4.69, 9.17) is 0 Å². The summed E-state index contributed by atoms with van der Waals surface area (Å²) in [5, 5.41) is 5.08. The van der Waals surface area contributed by atoms with Crippen LogP contribution in [0.4, 0.5) is 34.1 Å². The monoisotopic (exact) mass is 806 g/mol. The van der Waals surface area contributed by atoms with Crippen LogP contribution in [0.2, 0.25) is 0 Å². The molecule has 0 aliphatic heterocycles. The molecule has 1 unspecified atom stereocenters. The first-order chi connectivity index (χ1) is 30.8. The second-order valence-corrected chi connectivity index (χ2v) is 17.5. The van der Waals surface area contributed by atoms with Crippen LogP contribution < -0.4 is 9.80 Å². The van der Waals surface area contributed by atoms with Crippen LogP contribution >= 0.6 is 11.3 Å². The van der Waals surface area contributed by atoms with Crippen molar-refractivity contribution in [2.45, 2.75) is 5.41 Å². The third-order valence-corrected chi connectivity index (χ3v) is 14.3. The molecule has 3 heteroatoms. The van der Waals surface area contributed by atoms with Crippen LogP contribution in [0.25, 0.3) is 53.2 Å². The van der Waals surface area contributed by atoms with E-state index in [0.717, 1.165) is 28.4 Å². The lowest BCUT2D eigenvalue weighted by Gasteiger charge is -2.36. The van der Waals surface area contributed by atoms with Gasteiger partial charge in [0.25, 0.3) is 0 Å². The molecule has 2 aliphatic rings. The van der Waals surface area contributed by atoms with Gasteiger partial charge in [-0.3, -0.25) is 0 Å². The molecule has 0 amide bonds. The van der Waals surface area contributed by atoms with Gasteiger partial charge in [-0.2, -0.15) is 0 Å². The van der Waals surface area contributed by atoms with Gasteiger partial charge in [-0.1, -0.05) is 152 Å². The van der Waals surface area contributed by atoms with Crippen LogP contribution in [0.3, 0.4) is 0 Å². The number of hydrogen-bond acceptors (Lipinski definition) is 3. The van der Waals surface area contributed by atoms with Crippen LogP contribution in [0, 0.1) is 0 Å². The van der Waals surface area contributed by atoms with Crippen LogP contribution in [0.1, 0.15) is 22.3 Å². The Bertz CT molecular complexity index is 3500. The minimum absolute atomic E-state index is 0.594. The predicted octanol–water partition coefficient (Wildman–Crippen LogP) is 16.5. The molecule has 0 N–H and O–H groups in total. The maximum atomic E-state index is 2.48. The molecule has 2 nitrogen and oxygen atoms in total. The van der Waals surface area contributed by atoms with E-state index in [0.29, 0.717) is 0 Å². The largest absolute Gasteiger partial charge is 0.310 e. The van der Waals surface area contributed by atoms with Gasteiger partial charge in [-0.05, 0) is 129 Å². The quantitative estimate of drug-likeness (QED) is 0.165. The Hall–Kier alpha value is -7.72. The second-order valence-electron chi connectivity index (χ2n) is 16.4. The van der Waals surface area contributed by atoms with Gasteiger partial charge >= 0.3 is 0 Å². The molecule has 11 aromatic rings. The van der Waals surface area contributed by atoms with Crippen molar-refractivity contribution >= 4 is 76.4 Å². The average molecular weight is 807 g/mol. The number of nitrogens with zero attached hydrogens (tertiary/aromatic N) is 2. The molecular weight excluding hydrogens is 769 g/mol. The number of benzene rings is 10. The lowest BCUT2D eigenvalue weighted by atomic mass is 9.69. The van der Waals surface area contributed by atoms with Crippen molar-refractivity contribution in [2.24, 2.45) is 0 Å². The molecule has 1 atom stereocenters. The van der Waals surface area contributed by atoms with Crippen LogP contribution in [0.5, 0.6) is 0 Å². The maximum Gasteiger partial charge on any atom is 0.0746 e. The van der Waals surface area contributed by atoms with Gasteiger partial charge in [0.1, 0.15) is 0 Å². The fourth-order valence-corrected chi connectivity index (χ4v) is 11.8. The van der Waals surface area contributed by atoms with Gasteiger partial charge in [0.05, 0.1) is 11.1 Å². The minimum Gasteiger partial charge on any atom is -0.310 e. The van der Waals surface area contributed by atoms with E-state index >= 15 is 0 Å². The molecule has 0 saturated carbocycles. The highest BCUT2D eigenvalue weighted by atomic mass is 32.1. The van der Waals surface area contributed by atoms with Gasteiger partial charge in [0.2, 0.25) is 0 Å². The van der Waals surface area contributed by atoms with E-state index in [1.807, 2.05) is 11.3 Å². The Labute approximate surface area is 364 Å². The highest BCUT2D eigenvalue weighted by Gasteiger charge is 2.54. The number of anilines is 6. The second kappa shape index (κ2) is 13.7.